The monoisotopic (exact) mass is 267 g/mol. The molecule has 0 fully saturated rings. The average molecular weight is 267 g/mol. The Kier molecular flexibility index (Phi) is 4.50. The number of carbonyl (C=O) groups excluding carboxylic acids is 2. The molecule has 0 saturated carbocycles. The number of aliphatic imine (C=N–C) groups is 1. The maximum absolute atomic E-state index is 11.9. The minimum absolute atomic E-state index is 0.145. The Morgan fingerprint density at radius 1 is 1.37 bits per heavy atom. The number of aliphatic hydroxyl groups is 1. The van der Waals surface area contributed by atoms with E-state index in [-0.39, 0.29) is 24.1 Å². The molecule has 1 atom stereocenters. The summed E-state index contributed by atoms with van der Waals surface area (Å²) in [5.74, 6) is -1.45. The molecule has 0 aromatic rings. The van der Waals surface area contributed by atoms with Crippen molar-refractivity contribution < 1.29 is 19.4 Å². The number of aliphatic hydroxyl groups excluding tert-OH is 1. The van der Waals surface area contributed by atoms with Crippen molar-refractivity contribution in [2.45, 2.75) is 41.0 Å². The van der Waals surface area contributed by atoms with Crippen LogP contribution in [0.2, 0.25) is 0 Å². The summed E-state index contributed by atoms with van der Waals surface area (Å²) < 4.78 is 5.12. The van der Waals surface area contributed by atoms with Crippen LogP contribution in [-0.2, 0) is 14.3 Å². The number of carbonyl (C=O) groups is 2. The Labute approximate surface area is 113 Å². The summed E-state index contributed by atoms with van der Waals surface area (Å²) in [6.07, 6.45) is 0.341. The number of ketones is 1. The lowest BCUT2D eigenvalue weighted by atomic mass is 9.91. The van der Waals surface area contributed by atoms with Crippen LogP contribution in [-0.4, -0.2) is 29.2 Å². The second-order valence-electron chi connectivity index (χ2n) is 5.78. The zero-order valence-corrected chi connectivity index (χ0v) is 12.1. The number of nitrogens with zero attached hydrogens (tertiary/aromatic N) is 1. The zero-order chi connectivity index (χ0) is 14.8. The van der Waals surface area contributed by atoms with Gasteiger partial charge in [-0.2, -0.15) is 0 Å². The molecule has 1 rings (SSSR count). The maximum atomic E-state index is 11.9. The number of esters is 1. The van der Waals surface area contributed by atoms with E-state index in [2.05, 4.69) is 4.99 Å². The molecule has 0 radical (unpaired) electrons. The number of Topliss-reactive ketones (excluding diaryl/α,β-unsaturated/α-hetero) is 1. The zero-order valence-electron chi connectivity index (χ0n) is 12.1. The van der Waals surface area contributed by atoms with Crippen LogP contribution in [0.4, 0.5) is 0 Å². The highest BCUT2D eigenvalue weighted by molar-refractivity contribution is 6.12. The van der Waals surface area contributed by atoms with Gasteiger partial charge in [-0.25, -0.2) is 0 Å². The van der Waals surface area contributed by atoms with Crippen LogP contribution >= 0.6 is 0 Å². The lowest BCUT2D eigenvalue weighted by Crippen LogP contribution is -2.30. The van der Waals surface area contributed by atoms with E-state index in [1.54, 1.807) is 34.6 Å². The first-order chi connectivity index (χ1) is 8.64. The molecular formula is C14H21NO4. The topological polar surface area (TPSA) is 76.0 Å². The van der Waals surface area contributed by atoms with Crippen molar-refractivity contribution in [2.24, 2.45) is 16.3 Å². The van der Waals surface area contributed by atoms with Crippen molar-refractivity contribution in [2.75, 3.05) is 6.61 Å². The molecule has 0 spiro atoms. The van der Waals surface area contributed by atoms with Gasteiger partial charge >= 0.3 is 5.97 Å². The highest BCUT2D eigenvalue weighted by atomic mass is 16.5. The van der Waals surface area contributed by atoms with Gasteiger partial charge in [-0.3, -0.25) is 14.6 Å². The molecule has 0 amide bonds. The average Bonchev–Trinajstić information content (AvgIpc) is 2.29. The quantitative estimate of drug-likeness (QED) is 0.797. The van der Waals surface area contributed by atoms with Crippen molar-refractivity contribution in [3.05, 3.63) is 11.5 Å². The van der Waals surface area contributed by atoms with Gasteiger partial charge in [0.2, 0.25) is 5.78 Å². The third-order valence-electron chi connectivity index (χ3n) is 2.99. The highest BCUT2D eigenvalue weighted by Gasteiger charge is 2.30. The second-order valence-corrected chi connectivity index (χ2v) is 5.78. The minimum Gasteiger partial charge on any atom is -0.503 e. The molecule has 5 nitrogen and oxygen atoms in total. The summed E-state index contributed by atoms with van der Waals surface area (Å²) in [6, 6.07) is 0. The third-order valence-corrected chi connectivity index (χ3v) is 2.99. The van der Waals surface area contributed by atoms with E-state index in [0.717, 1.165) is 0 Å². The van der Waals surface area contributed by atoms with Gasteiger partial charge in [0.25, 0.3) is 0 Å². The first kappa shape index (κ1) is 15.4. The van der Waals surface area contributed by atoms with Gasteiger partial charge in [0.05, 0.1) is 23.6 Å². The Morgan fingerprint density at radius 3 is 2.47 bits per heavy atom. The Balaban J connectivity index is 2.59. The number of allylic oxidation sites excluding steroid dienone is 2. The number of hydrogen-bond donors (Lipinski definition) is 1. The SMILES string of the molecule is CC1=NC(C)=C(O)C(=O)C1CCOC(=O)C(C)(C)C. The van der Waals surface area contributed by atoms with Gasteiger partial charge in [0, 0.05) is 5.71 Å². The van der Waals surface area contributed by atoms with E-state index in [9.17, 15) is 14.7 Å². The fourth-order valence-corrected chi connectivity index (χ4v) is 1.75. The van der Waals surface area contributed by atoms with E-state index >= 15 is 0 Å². The maximum Gasteiger partial charge on any atom is 0.311 e. The fraction of sp³-hybridized carbons (Fsp3) is 0.643. The van der Waals surface area contributed by atoms with Crippen LogP contribution in [0.25, 0.3) is 0 Å². The van der Waals surface area contributed by atoms with Gasteiger partial charge in [0.1, 0.15) is 0 Å². The van der Waals surface area contributed by atoms with Gasteiger partial charge in [-0.05, 0) is 41.0 Å². The molecule has 106 valence electrons. The normalized spacial score (nSPS) is 20.4. The molecule has 1 aliphatic rings. The lowest BCUT2D eigenvalue weighted by Gasteiger charge is -2.21. The summed E-state index contributed by atoms with van der Waals surface area (Å²) in [7, 11) is 0. The van der Waals surface area contributed by atoms with Crippen molar-refractivity contribution in [3.8, 4) is 0 Å². The van der Waals surface area contributed by atoms with Gasteiger partial charge in [-0.1, -0.05) is 0 Å². The summed E-state index contributed by atoms with van der Waals surface area (Å²) >= 11 is 0. The second kappa shape index (κ2) is 5.55. The molecule has 0 bridgehead atoms. The Bertz CT molecular complexity index is 453. The Morgan fingerprint density at radius 2 is 1.95 bits per heavy atom. The first-order valence-corrected chi connectivity index (χ1v) is 6.31. The molecule has 1 unspecified atom stereocenters. The molecular weight excluding hydrogens is 246 g/mol. The number of rotatable bonds is 3. The standard InChI is InChI=1S/C14H21NO4/c1-8-10(12(17)11(16)9(2)15-8)6-7-19-13(18)14(3,4)5/h10,16H,6-7H2,1-5H3. The van der Waals surface area contributed by atoms with Crippen molar-refractivity contribution >= 4 is 17.5 Å². The fourth-order valence-electron chi connectivity index (χ4n) is 1.75. The van der Waals surface area contributed by atoms with Crippen molar-refractivity contribution in [1.29, 1.82) is 0 Å². The van der Waals surface area contributed by atoms with Crippen LogP contribution in [0.3, 0.4) is 0 Å². The molecule has 1 N–H and O–H groups in total. The minimum atomic E-state index is -0.557. The van der Waals surface area contributed by atoms with Crippen LogP contribution in [0, 0.1) is 11.3 Å². The van der Waals surface area contributed by atoms with Gasteiger partial charge in [0.15, 0.2) is 5.76 Å². The molecule has 1 aliphatic heterocycles. The van der Waals surface area contributed by atoms with E-state index in [1.165, 1.54) is 0 Å². The Hall–Kier alpha value is -1.65. The smallest absolute Gasteiger partial charge is 0.311 e. The molecule has 0 saturated heterocycles. The molecule has 0 aliphatic carbocycles. The lowest BCUT2D eigenvalue weighted by molar-refractivity contribution is -0.153. The molecule has 0 aromatic carbocycles. The van der Waals surface area contributed by atoms with Gasteiger partial charge in [-0.15, -0.1) is 0 Å². The van der Waals surface area contributed by atoms with Gasteiger partial charge < -0.3 is 9.84 Å². The van der Waals surface area contributed by atoms with E-state index in [0.29, 0.717) is 17.8 Å². The van der Waals surface area contributed by atoms with E-state index in [1.807, 2.05) is 0 Å². The predicted octanol–water partition coefficient (Wildman–Crippen LogP) is 2.42. The first-order valence-electron chi connectivity index (χ1n) is 6.31. The number of ether oxygens (including phenoxy) is 1. The van der Waals surface area contributed by atoms with E-state index < -0.39 is 11.3 Å². The molecule has 0 aromatic heterocycles. The molecule has 5 heteroatoms. The summed E-state index contributed by atoms with van der Waals surface area (Å²) in [5.41, 5.74) is 0.427. The van der Waals surface area contributed by atoms with Crippen LogP contribution in [0.5, 0.6) is 0 Å². The predicted molar refractivity (Wildman–Crippen MR) is 72.0 cm³/mol. The van der Waals surface area contributed by atoms with E-state index in [4.69, 9.17) is 4.74 Å². The van der Waals surface area contributed by atoms with Crippen LogP contribution in [0.15, 0.2) is 16.4 Å². The van der Waals surface area contributed by atoms with Crippen LogP contribution < -0.4 is 0 Å². The number of hydrogen-bond acceptors (Lipinski definition) is 5. The highest BCUT2D eigenvalue weighted by Crippen LogP contribution is 2.22. The summed E-state index contributed by atoms with van der Waals surface area (Å²) in [5, 5.41) is 9.59. The van der Waals surface area contributed by atoms with Crippen LogP contribution in [0.1, 0.15) is 41.0 Å². The third kappa shape index (κ3) is 3.66. The summed E-state index contributed by atoms with van der Waals surface area (Å²) in [6.45, 7) is 8.78. The summed E-state index contributed by atoms with van der Waals surface area (Å²) in [4.78, 5) is 27.6. The molecule has 1 heterocycles. The largest absolute Gasteiger partial charge is 0.503 e. The van der Waals surface area contributed by atoms with Crippen molar-refractivity contribution in [1.82, 2.24) is 0 Å². The van der Waals surface area contributed by atoms with Crippen molar-refractivity contribution in [3.63, 3.8) is 0 Å². The molecule has 19 heavy (non-hydrogen) atoms.